The Hall–Kier alpha value is -2.67. The number of carbonyl (C=O) groups excluding carboxylic acids is 4. The number of alkyl carbamates (subject to hydrolysis) is 1. The number of carbonyl (C=O) groups is 2. The summed E-state index contributed by atoms with van der Waals surface area (Å²) >= 11 is 0. The number of hydrogen-bond donors (Lipinski definition) is 2. The van der Waals surface area contributed by atoms with E-state index in [1.165, 1.54) is 6.33 Å². The molecule has 0 unspecified atom stereocenters. The number of primary amides is 1. The zero-order valence-electron chi connectivity index (χ0n) is 12.1. The minimum Gasteiger partial charge on any atom is -0.444 e. The number of aromatic nitrogens is 2. The Morgan fingerprint density at radius 3 is 2.48 bits per heavy atom. The standard InChI is InChI=1S/C11H18N4O3.CO2/c1-11(2,3)18-10(17)13-4-8-5-15(7-14-8)6-9(12)16;2-1-3/h5,7H,4,6H2,1-3H3,(H2,12,16)(H,13,17);. The van der Waals surface area contributed by atoms with Gasteiger partial charge in [-0.1, -0.05) is 0 Å². The number of ether oxygens (including phenoxy) is 1. The molecule has 116 valence electrons. The summed E-state index contributed by atoms with van der Waals surface area (Å²) in [5, 5.41) is 2.57. The van der Waals surface area contributed by atoms with Crippen molar-refractivity contribution in [3.8, 4) is 0 Å². The smallest absolute Gasteiger partial charge is 0.407 e. The molecule has 0 aliphatic heterocycles. The van der Waals surface area contributed by atoms with E-state index in [0.717, 1.165) is 0 Å². The number of hydrogen-bond acceptors (Lipinski definition) is 6. The first-order valence-electron chi connectivity index (χ1n) is 5.93. The first kappa shape index (κ1) is 18.3. The second-order valence-electron chi connectivity index (χ2n) is 4.94. The van der Waals surface area contributed by atoms with Crippen LogP contribution in [-0.2, 0) is 32.2 Å². The maximum absolute atomic E-state index is 11.4. The molecule has 0 bridgehead atoms. The van der Waals surface area contributed by atoms with Crippen molar-refractivity contribution < 1.29 is 23.9 Å². The molecule has 9 nitrogen and oxygen atoms in total. The Kier molecular flexibility index (Phi) is 7.41. The molecule has 0 radical (unpaired) electrons. The zero-order chi connectivity index (χ0) is 16.5. The first-order chi connectivity index (χ1) is 9.67. The summed E-state index contributed by atoms with van der Waals surface area (Å²) in [5.41, 5.74) is 5.14. The van der Waals surface area contributed by atoms with Crippen LogP contribution >= 0.6 is 0 Å². The molecule has 1 rings (SSSR count). The Morgan fingerprint density at radius 2 is 2.00 bits per heavy atom. The molecule has 1 aromatic heterocycles. The molecular formula is C12H18N4O5. The normalized spacial score (nSPS) is 9.86. The van der Waals surface area contributed by atoms with E-state index < -0.39 is 17.6 Å². The Morgan fingerprint density at radius 1 is 1.43 bits per heavy atom. The van der Waals surface area contributed by atoms with Crippen LogP contribution in [0, 0.1) is 0 Å². The molecule has 9 heteroatoms. The summed E-state index contributed by atoms with van der Waals surface area (Å²) in [6, 6.07) is 0. The Labute approximate surface area is 121 Å². The van der Waals surface area contributed by atoms with E-state index in [0.29, 0.717) is 5.69 Å². The number of nitrogens with zero attached hydrogens (tertiary/aromatic N) is 2. The van der Waals surface area contributed by atoms with Gasteiger partial charge >= 0.3 is 12.2 Å². The van der Waals surface area contributed by atoms with Crippen LogP contribution in [0.2, 0.25) is 0 Å². The molecule has 1 aromatic rings. The second kappa shape index (κ2) is 8.49. The fourth-order valence-corrected chi connectivity index (χ4v) is 1.24. The monoisotopic (exact) mass is 298 g/mol. The molecule has 0 atom stereocenters. The number of nitrogens with two attached hydrogens (primary N) is 1. The molecule has 0 fully saturated rings. The number of amides is 2. The van der Waals surface area contributed by atoms with Gasteiger partial charge in [-0.15, -0.1) is 0 Å². The van der Waals surface area contributed by atoms with Crippen molar-refractivity contribution in [2.45, 2.75) is 39.5 Å². The van der Waals surface area contributed by atoms with Crippen LogP contribution in [0.15, 0.2) is 12.5 Å². The summed E-state index contributed by atoms with van der Waals surface area (Å²) in [7, 11) is 0. The van der Waals surface area contributed by atoms with Gasteiger partial charge in [0.05, 0.1) is 18.6 Å². The molecule has 0 aromatic carbocycles. The molecule has 2 amide bonds. The van der Waals surface area contributed by atoms with Gasteiger partial charge in [0.25, 0.3) is 0 Å². The highest BCUT2D eigenvalue weighted by atomic mass is 16.6. The van der Waals surface area contributed by atoms with Crippen molar-refractivity contribution in [2.75, 3.05) is 0 Å². The van der Waals surface area contributed by atoms with Crippen molar-refractivity contribution in [3.63, 3.8) is 0 Å². The Bertz CT molecular complexity index is 512. The third kappa shape index (κ3) is 9.85. The van der Waals surface area contributed by atoms with E-state index in [9.17, 15) is 9.59 Å². The maximum Gasteiger partial charge on any atom is 0.407 e. The largest absolute Gasteiger partial charge is 0.444 e. The van der Waals surface area contributed by atoms with Crippen molar-refractivity contribution in [2.24, 2.45) is 5.73 Å². The molecule has 0 saturated carbocycles. The average Bonchev–Trinajstić information content (AvgIpc) is 2.72. The van der Waals surface area contributed by atoms with Gasteiger partial charge in [-0.3, -0.25) is 4.79 Å². The molecule has 0 spiro atoms. The summed E-state index contributed by atoms with van der Waals surface area (Å²) < 4.78 is 6.62. The van der Waals surface area contributed by atoms with Crippen molar-refractivity contribution in [1.82, 2.24) is 14.9 Å². The van der Waals surface area contributed by atoms with E-state index in [1.54, 1.807) is 31.5 Å². The van der Waals surface area contributed by atoms with Crippen LogP contribution in [0.4, 0.5) is 4.79 Å². The van der Waals surface area contributed by atoms with E-state index >= 15 is 0 Å². The maximum atomic E-state index is 11.4. The van der Waals surface area contributed by atoms with Crippen LogP contribution in [-0.4, -0.2) is 33.3 Å². The predicted molar refractivity (Wildman–Crippen MR) is 69.5 cm³/mol. The van der Waals surface area contributed by atoms with Crippen LogP contribution in [0.25, 0.3) is 0 Å². The van der Waals surface area contributed by atoms with E-state index in [-0.39, 0.29) is 19.2 Å². The molecule has 21 heavy (non-hydrogen) atoms. The third-order valence-electron chi connectivity index (χ3n) is 1.84. The lowest BCUT2D eigenvalue weighted by Gasteiger charge is -2.19. The summed E-state index contributed by atoms with van der Waals surface area (Å²) in [5.74, 6) is -0.445. The van der Waals surface area contributed by atoms with E-state index in [2.05, 4.69) is 10.3 Å². The van der Waals surface area contributed by atoms with E-state index in [4.69, 9.17) is 20.1 Å². The van der Waals surface area contributed by atoms with E-state index in [1.807, 2.05) is 0 Å². The summed E-state index contributed by atoms with van der Waals surface area (Å²) in [4.78, 5) is 42.3. The third-order valence-corrected chi connectivity index (χ3v) is 1.84. The molecular weight excluding hydrogens is 280 g/mol. The van der Waals surface area contributed by atoms with Gasteiger partial charge in [0.15, 0.2) is 0 Å². The molecule has 1 heterocycles. The zero-order valence-corrected chi connectivity index (χ0v) is 12.1. The van der Waals surface area contributed by atoms with Crippen LogP contribution in [0.5, 0.6) is 0 Å². The lowest BCUT2D eigenvalue weighted by atomic mass is 10.2. The fourth-order valence-electron chi connectivity index (χ4n) is 1.24. The summed E-state index contributed by atoms with van der Waals surface area (Å²) in [6.07, 6.45) is 2.87. The van der Waals surface area contributed by atoms with Crippen molar-refractivity contribution >= 4 is 18.2 Å². The topological polar surface area (TPSA) is 133 Å². The number of imidazole rings is 1. The lowest BCUT2D eigenvalue weighted by molar-refractivity contribution is -0.191. The second-order valence-corrected chi connectivity index (χ2v) is 4.94. The minimum absolute atomic E-state index is 0.0689. The fraction of sp³-hybridized carbons (Fsp3) is 0.500. The van der Waals surface area contributed by atoms with Crippen LogP contribution in [0.1, 0.15) is 26.5 Å². The highest BCUT2D eigenvalue weighted by Crippen LogP contribution is 2.06. The number of rotatable bonds is 4. The van der Waals surface area contributed by atoms with Crippen molar-refractivity contribution in [1.29, 1.82) is 0 Å². The quantitative estimate of drug-likeness (QED) is 0.791. The lowest BCUT2D eigenvalue weighted by Crippen LogP contribution is -2.32. The number of nitrogens with one attached hydrogen (secondary N) is 1. The SMILES string of the molecule is CC(C)(C)OC(=O)NCc1cn(CC(N)=O)cn1.O=C=O. The molecule has 3 N–H and O–H groups in total. The van der Waals surface area contributed by atoms with Crippen LogP contribution in [0.3, 0.4) is 0 Å². The van der Waals surface area contributed by atoms with Crippen molar-refractivity contribution in [3.05, 3.63) is 18.2 Å². The molecule has 0 aliphatic carbocycles. The van der Waals surface area contributed by atoms with Gasteiger partial charge in [-0.25, -0.2) is 9.78 Å². The van der Waals surface area contributed by atoms with Gasteiger partial charge < -0.3 is 20.4 Å². The molecule has 0 saturated heterocycles. The minimum atomic E-state index is -0.532. The van der Waals surface area contributed by atoms with Gasteiger partial charge in [0, 0.05) is 6.20 Å². The van der Waals surface area contributed by atoms with Gasteiger partial charge in [0.1, 0.15) is 12.1 Å². The highest BCUT2D eigenvalue weighted by molar-refractivity contribution is 5.73. The predicted octanol–water partition coefficient (Wildman–Crippen LogP) is -0.190. The Balaban J connectivity index is 0.00000122. The summed E-state index contributed by atoms with van der Waals surface area (Å²) in [6.45, 7) is 5.66. The van der Waals surface area contributed by atoms with Crippen LogP contribution < -0.4 is 11.1 Å². The molecule has 0 aliphatic rings. The van der Waals surface area contributed by atoms with Gasteiger partial charge in [-0.05, 0) is 20.8 Å². The first-order valence-corrected chi connectivity index (χ1v) is 5.93. The average molecular weight is 298 g/mol. The van der Waals surface area contributed by atoms with Gasteiger partial charge in [0.2, 0.25) is 5.91 Å². The highest BCUT2D eigenvalue weighted by Gasteiger charge is 2.15. The van der Waals surface area contributed by atoms with Gasteiger partial charge in [-0.2, -0.15) is 9.59 Å².